The first-order valence-corrected chi connectivity index (χ1v) is 7.27. The highest BCUT2D eigenvalue weighted by Crippen LogP contribution is 2.22. The summed E-state index contributed by atoms with van der Waals surface area (Å²) in [6.45, 7) is 0. The van der Waals surface area contributed by atoms with Crippen LogP contribution >= 0.6 is 11.6 Å². The number of nitrogens with zero attached hydrogens (tertiary/aromatic N) is 2. The summed E-state index contributed by atoms with van der Waals surface area (Å²) >= 11 is 6.11. The Morgan fingerprint density at radius 2 is 1.54 bits per heavy atom. The second-order valence-electron chi connectivity index (χ2n) is 4.60. The number of benzene rings is 2. The van der Waals surface area contributed by atoms with E-state index in [0.717, 1.165) is 0 Å². The molecule has 0 spiro atoms. The molecule has 4 nitrogen and oxygen atoms in total. The van der Waals surface area contributed by atoms with Gasteiger partial charge in [0.1, 0.15) is 23.5 Å². The maximum absolute atomic E-state index is 11.9. The minimum atomic E-state index is -0.444. The maximum atomic E-state index is 11.9. The summed E-state index contributed by atoms with van der Waals surface area (Å²) in [5.74, 6) is -0.0528. The second kappa shape index (κ2) is 8.33. The third-order valence-electron chi connectivity index (χ3n) is 2.99. The fourth-order valence-electron chi connectivity index (χ4n) is 1.77. The molecule has 0 amide bonds. The molecule has 0 aliphatic rings. The molecule has 0 heterocycles. The van der Waals surface area contributed by atoms with E-state index in [4.69, 9.17) is 26.9 Å². The first kappa shape index (κ1) is 17.0. The van der Waals surface area contributed by atoms with Crippen molar-refractivity contribution in [2.24, 2.45) is 0 Å². The molecule has 0 aromatic heterocycles. The zero-order valence-electron chi connectivity index (χ0n) is 12.4. The van der Waals surface area contributed by atoms with Crippen molar-refractivity contribution < 1.29 is 9.53 Å². The first-order chi connectivity index (χ1) is 11.6. The minimum absolute atomic E-state index is 0.0402. The molecule has 24 heavy (non-hydrogen) atoms. The van der Waals surface area contributed by atoms with E-state index in [1.165, 1.54) is 12.2 Å². The van der Waals surface area contributed by atoms with Crippen LogP contribution in [-0.2, 0) is 0 Å². The van der Waals surface area contributed by atoms with Crippen LogP contribution in [0.2, 0.25) is 0 Å². The van der Waals surface area contributed by atoms with Crippen molar-refractivity contribution in [3.63, 3.8) is 0 Å². The molecule has 0 atom stereocenters. The van der Waals surface area contributed by atoms with Gasteiger partial charge in [0.05, 0.1) is 5.56 Å². The zero-order valence-corrected chi connectivity index (χ0v) is 13.2. The smallest absolute Gasteiger partial charge is 0.343 e. The van der Waals surface area contributed by atoms with Crippen LogP contribution in [0, 0.1) is 22.7 Å². The fraction of sp³-hybridized carbons (Fsp3) is 0. The van der Waals surface area contributed by atoms with Gasteiger partial charge >= 0.3 is 5.97 Å². The van der Waals surface area contributed by atoms with Gasteiger partial charge in [-0.25, -0.2) is 4.79 Å². The molecule has 2 rings (SSSR count). The summed E-state index contributed by atoms with van der Waals surface area (Å²) in [6.07, 6.45) is 2.81. The summed E-state index contributed by atoms with van der Waals surface area (Å²) in [4.78, 5) is 11.9. The van der Waals surface area contributed by atoms with Crippen molar-refractivity contribution in [2.45, 2.75) is 0 Å². The van der Waals surface area contributed by atoms with Gasteiger partial charge in [-0.05, 0) is 54.1 Å². The van der Waals surface area contributed by atoms with Crippen LogP contribution in [0.5, 0.6) is 5.75 Å². The molecule has 2 aromatic rings. The highest BCUT2D eigenvalue weighted by atomic mass is 35.5. The maximum Gasteiger partial charge on any atom is 0.343 e. The van der Waals surface area contributed by atoms with Crippen molar-refractivity contribution in [3.8, 4) is 17.9 Å². The van der Waals surface area contributed by atoms with Crippen LogP contribution in [0.4, 0.5) is 0 Å². The van der Waals surface area contributed by atoms with Gasteiger partial charge in [-0.3, -0.25) is 0 Å². The van der Waals surface area contributed by atoms with E-state index in [1.54, 1.807) is 60.7 Å². The molecule has 0 N–H and O–H groups in total. The highest BCUT2D eigenvalue weighted by Gasteiger charge is 2.07. The third-order valence-corrected chi connectivity index (χ3v) is 3.33. The predicted octanol–water partition coefficient (Wildman–Crippen LogP) is 4.46. The van der Waals surface area contributed by atoms with Gasteiger partial charge in [-0.15, -0.1) is 0 Å². The lowest BCUT2D eigenvalue weighted by Gasteiger charge is -2.05. The molecule has 0 saturated carbocycles. The zero-order chi connectivity index (χ0) is 17.4. The van der Waals surface area contributed by atoms with Gasteiger partial charge in [-0.2, -0.15) is 10.5 Å². The molecule has 0 fully saturated rings. The molecule has 0 saturated heterocycles. The van der Waals surface area contributed by atoms with E-state index in [-0.39, 0.29) is 5.57 Å². The van der Waals surface area contributed by atoms with Gasteiger partial charge in [0.25, 0.3) is 0 Å². The monoisotopic (exact) mass is 334 g/mol. The number of esters is 1. The molecule has 0 bridgehead atoms. The summed E-state index contributed by atoms with van der Waals surface area (Å²) in [5, 5.41) is 17.7. The number of rotatable bonds is 4. The molecule has 0 unspecified atom stereocenters. The largest absolute Gasteiger partial charge is 0.423 e. The Kier molecular flexibility index (Phi) is 5.91. The average molecular weight is 335 g/mol. The third kappa shape index (κ3) is 4.58. The second-order valence-corrected chi connectivity index (χ2v) is 5.01. The summed E-state index contributed by atoms with van der Waals surface area (Å²) in [7, 11) is 0. The standard InChI is InChI=1S/C19H11ClN2O2/c20-18(11-6-14(12-21)13-22)15-7-9-17(10-8-15)24-19(23)16-4-2-1-3-5-16/h1-11H/b18-11-. The van der Waals surface area contributed by atoms with E-state index in [9.17, 15) is 4.79 Å². The highest BCUT2D eigenvalue weighted by molar-refractivity contribution is 6.48. The van der Waals surface area contributed by atoms with Crippen LogP contribution in [0.15, 0.2) is 72.3 Å². The number of carbonyl (C=O) groups excluding carboxylic acids is 1. The Morgan fingerprint density at radius 1 is 0.917 bits per heavy atom. The lowest BCUT2D eigenvalue weighted by molar-refractivity contribution is 0.0735. The van der Waals surface area contributed by atoms with Gasteiger partial charge in [0.2, 0.25) is 0 Å². The lowest BCUT2D eigenvalue weighted by atomic mass is 10.2. The molecular formula is C19H11ClN2O2. The van der Waals surface area contributed by atoms with E-state index < -0.39 is 5.97 Å². The SMILES string of the molecule is N#CC(C#N)=C/C=C(\Cl)c1ccc(OC(=O)c2ccccc2)cc1. The van der Waals surface area contributed by atoms with E-state index in [0.29, 0.717) is 21.9 Å². The fourth-order valence-corrected chi connectivity index (χ4v) is 1.96. The van der Waals surface area contributed by atoms with E-state index in [2.05, 4.69) is 0 Å². The lowest BCUT2D eigenvalue weighted by Crippen LogP contribution is -2.07. The number of halogens is 1. The van der Waals surface area contributed by atoms with Crippen molar-refractivity contribution >= 4 is 22.6 Å². The molecular weight excluding hydrogens is 324 g/mol. The van der Waals surface area contributed by atoms with Crippen LogP contribution in [-0.4, -0.2) is 5.97 Å². The number of allylic oxidation sites excluding steroid dienone is 3. The number of ether oxygens (including phenoxy) is 1. The quantitative estimate of drug-likeness (QED) is 0.358. The van der Waals surface area contributed by atoms with Crippen LogP contribution < -0.4 is 4.74 Å². The topological polar surface area (TPSA) is 73.9 Å². The Labute approximate surface area is 144 Å². The normalized spacial score (nSPS) is 10.2. The summed E-state index contributed by atoms with van der Waals surface area (Å²) in [5.41, 5.74) is 1.09. The average Bonchev–Trinajstić information content (AvgIpc) is 2.63. The van der Waals surface area contributed by atoms with Gasteiger partial charge in [0.15, 0.2) is 0 Å². The molecule has 0 radical (unpaired) electrons. The molecule has 5 heteroatoms. The van der Waals surface area contributed by atoms with E-state index in [1.807, 2.05) is 6.07 Å². The number of hydrogen-bond donors (Lipinski definition) is 0. The molecule has 116 valence electrons. The van der Waals surface area contributed by atoms with Crippen LogP contribution in [0.3, 0.4) is 0 Å². The Balaban J connectivity index is 2.10. The first-order valence-electron chi connectivity index (χ1n) is 6.89. The number of hydrogen-bond acceptors (Lipinski definition) is 4. The van der Waals surface area contributed by atoms with Gasteiger partial charge in [0, 0.05) is 5.03 Å². The molecule has 0 aliphatic carbocycles. The van der Waals surface area contributed by atoms with Gasteiger partial charge in [-0.1, -0.05) is 29.8 Å². The van der Waals surface area contributed by atoms with Crippen molar-refractivity contribution in [3.05, 3.63) is 83.4 Å². The van der Waals surface area contributed by atoms with Crippen molar-refractivity contribution in [2.75, 3.05) is 0 Å². The van der Waals surface area contributed by atoms with Crippen molar-refractivity contribution in [1.29, 1.82) is 10.5 Å². The minimum Gasteiger partial charge on any atom is -0.423 e. The van der Waals surface area contributed by atoms with Crippen molar-refractivity contribution in [1.82, 2.24) is 0 Å². The Bertz CT molecular complexity index is 854. The Hall–Kier alpha value is -3.34. The number of nitriles is 2. The summed E-state index contributed by atoms with van der Waals surface area (Å²) < 4.78 is 5.27. The molecule has 2 aromatic carbocycles. The number of carbonyl (C=O) groups is 1. The van der Waals surface area contributed by atoms with E-state index >= 15 is 0 Å². The van der Waals surface area contributed by atoms with Gasteiger partial charge < -0.3 is 4.74 Å². The molecule has 0 aliphatic heterocycles. The van der Waals surface area contributed by atoms with Crippen LogP contribution in [0.25, 0.3) is 5.03 Å². The summed E-state index contributed by atoms with van der Waals surface area (Å²) in [6, 6.07) is 18.8. The van der Waals surface area contributed by atoms with Crippen LogP contribution in [0.1, 0.15) is 15.9 Å². The Morgan fingerprint density at radius 3 is 2.12 bits per heavy atom. The predicted molar refractivity (Wildman–Crippen MR) is 91.0 cm³/mol.